The van der Waals surface area contributed by atoms with Gasteiger partial charge >= 0.3 is 5.97 Å². The zero-order valence-electron chi connectivity index (χ0n) is 7.93. The van der Waals surface area contributed by atoms with E-state index in [4.69, 9.17) is 16.7 Å². The Balaban J connectivity index is 2.57. The van der Waals surface area contributed by atoms with Crippen molar-refractivity contribution in [3.63, 3.8) is 0 Å². The summed E-state index contributed by atoms with van der Waals surface area (Å²) in [7, 11) is 0. The first-order valence-corrected chi connectivity index (χ1v) is 4.80. The van der Waals surface area contributed by atoms with Crippen molar-refractivity contribution in [1.29, 1.82) is 0 Å². The van der Waals surface area contributed by atoms with Gasteiger partial charge in [-0.2, -0.15) is 0 Å². The monoisotopic (exact) mass is 226 g/mol. The van der Waals surface area contributed by atoms with Crippen molar-refractivity contribution in [1.82, 2.24) is 0 Å². The second-order valence-electron chi connectivity index (χ2n) is 3.04. The summed E-state index contributed by atoms with van der Waals surface area (Å²) in [5.74, 6) is -1.02. The number of aliphatic hydroxyl groups excluding tert-OH is 1. The van der Waals surface area contributed by atoms with Gasteiger partial charge in [0.05, 0.1) is 6.10 Å². The van der Waals surface area contributed by atoms with Crippen LogP contribution in [0.5, 0.6) is 0 Å². The van der Waals surface area contributed by atoms with Crippen LogP contribution in [0.2, 0.25) is 5.02 Å². The maximum Gasteiger partial charge on any atom is 0.327 e. The maximum absolute atomic E-state index is 10.2. The SMILES string of the molecule is O=C(O)/C=C/CC(O)c1ccc(Cl)cc1. The minimum Gasteiger partial charge on any atom is -0.478 e. The summed E-state index contributed by atoms with van der Waals surface area (Å²) >= 11 is 5.69. The van der Waals surface area contributed by atoms with Gasteiger partial charge < -0.3 is 10.2 Å². The van der Waals surface area contributed by atoms with Crippen molar-refractivity contribution < 1.29 is 15.0 Å². The summed E-state index contributed by atoms with van der Waals surface area (Å²) in [5, 5.41) is 18.6. The zero-order chi connectivity index (χ0) is 11.3. The third kappa shape index (κ3) is 4.14. The first kappa shape index (κ1) is 11.8. The molecule has 2 N–H and O–H groups in total. The number of aliphatic carboxylic acids is 1. The molecule has 0 aliphatic carbocycles. The van der Waals surface area contributed by atoms with Gasteiger partial charge in [-0.25, -0.2) is 4.79 Å². The molecule has 0 aliphatic heterocycles. The number of hydrogen-bond acceptors (Lipinski definition) is 2. The summed E-state index contributed by atoms with van der Waals surface area (Å²) < 4.78 is 0. The van der Waals surface area contributed by atoms with Crippen LogP contribution in [0.15, 0.2) is 36.4 Å². The van der Waals surface area contributed by atoms with Crippen molar-refractivity contribution in [2.45, 2.75) is 12.5 Å². The molecule has 0 saturated heterocycles. The predicted octanol–water partition coefficient (Wildman–Crippen LogP) is 2.40. The normalized spacial score (nSPS) is 12.9. The van der Waals surface area contributed by atoms with Crippen molar-refractivity contribution in [2.24, 2.45) is 0 Å². The topological polar surface area (TPSA) is 57.5 Å². The first-order chi connectivity index (χ1) is 7.09. The van der Waals surface area contributed by atoms with Gasteiger partial charge in [0, 0.05) is 11.1 Å². The molecule has 15 heavy (non-hydrogen) atoms. The Bertz CT molecular complexity index is 357. The number of benzene rings is 1. The molecule has 0 bridgehead atoms. The van der Waals surface area contributed by atoms with Gasteiger partial charge in [0.1, 0.15) is 0 Å². The van der Waals surface area contributed by atoms with Crippen molar-refractivity contribution in [2.75, 3.05) is 0 Å². The van der Waals surface area contributed by atoms with Crippen molar-refractivity contribution in [3.8, 4) is 0 Å². The Morgan fingerprint density at radius 2 is 2.00 bits per heavy atom. The summed E-state index contributed by atoms with van der Waals surface area (Å²) in [6.07, 6.45) is 2.01. The average molecular weight is 227 g/mol. The number of halogens is 1. The lowest BCUT2D eigenvalue weighted by molar-refractivity contribution is -0.131. The Morgan fingerprint density at radius 1 is 1.40 bits per heavy atom. The largest absolute Gasteiger partial charge is 0.478 e. The van der Waals surface area contributed by atoms with Gasteiger partial charge in [-0.1, -0.05) is 29.8 Å². The molecular formula is C11H11ClO3. The maximum atomic E-state index is 10.2. The van der Waals surface area contributed by atoms with E-state index < -0.39 is 12.1 Å². The molecule has 1 rings (SSSR count). The summed E-state index contributed by atoms with van der Waals surface area (Å²) in [6, 6.07) is 6.78. The van der Waals surface area contributed by atoms with Crippen LogP contribution in [0.4, 0.5) is 0 Å². The van der Waals surface area contributed by atoms with E-state index in [2.05, 4.69) is 0 Å². The van der Waals surface area contributed by atoms with Crippen molar-refractivity contribution >= 4 is 17.6 Å². The minimum atomic E-state index is -1.02. The van der Waals surface area contributed by atoms with E-state index in [-0.39, 0.29) is 6.42 Å². The summed E-state index contributed by atoms with van der Waals surface area (Å²) in [5.41, 5.74) is 0.717. The second kappa shape index (κ2) is 5.53. The van der Waals surface area contributed by atoms with Crippen LogP contribution in [0.1, 0.15) is 18.1 Å². The molecule has 1 atom stereocenters. The van der Waals surface area contributed by atoms with Crippen LogP contribution in [0, 0.1) is 0 Å². The van der Waals surface area contributed by atoms with E-state index in [1.807, 2.05) is 0 Å². The lowest BCUT2D eigenvalue weighted by atomic mass is 10.1. The van der Waals surface area contributed by atoms with Crippen LogP contribution in [0.25, 0.3) is 0 Å². The molecule has 0 heterocycles. The molecule has 0 saturated carbocycles. The van der Waals surface area contributed by atoms with Crippen LogP contribution in [-0.2, 0) is 4.79 Å². The number of rotatable bonds is 4. The van der Waals surface area contributed by atoms with Gasteiger partial charge in [-0.3, -0.25) is 0 Å². The average Bonchev–Trinajstić information content (AvgIpc) is 2.18. The van der Waals surface area contributed by atoms with Crippen LogP contribution in [0.3, 0.4) is 0 Å². The molecule has 0 fully saturated rings. The van der Waals surface area contributed by atoms with E-state index in [9.17, 15) is 9.90 Å². The molecule has 0 radical (unpaired) electrons. The fourth-order valence-electron chi connectivity index (χ4n) is 1.12. The minimum absolute atomic E-state index is 0.272. The van der Waals surface area contributed by atoms with E-state index in [1.165, 1.54) is 6.08 Å². The number of hydrogen-bond donors (Lipinski definition) is 2. The molecule has 1 aromatic rings. The molecule has 0 spiro atoms. The highest BCUT2D eigenvalue weighted by atomic mass is 35.5. The Morgan fingerprint density at radius 3 is 2.53 bits per heavy atom. The lowest BCUT2D eigenvalue weighted by Gasteiger charge is -2.07. The lowest BCUT2D eigenvalue weighted by Crippen LogP contribution is -1.95. The molecule has 4 heteroatoms. The number of aliphatic hydroxyl groups is 1. The smallest absolute Gasteiger partial charge is 0.327 e. The first-order valence-electron chi connectivity index (χ1n) is 4.42. The highest BCUT2D eigenvalue weighted by Gasteiger charge is 2.04. The molecule has 3 nitrogen and oxygen atoms in total. The fraction of sp³-hybridized carbons (Fsp3) is 0.182. The van der Waals surface area contributed by atoms with Gasteiger partial charge in [0.2, 0.25) is 0 Å². The summed E-state index contributed by atoms with van der Waals surface area (Å²) in [4.78, 5) is 10.2. The Hall–Kier alpha value is -1.32. The molecule has 0 amide bonds. The Labute approximate surface area is 92.6 Å². The highest BCUT2D eigenvalue weighted by molar-refractivity contribution is 6.30. The Kier molecular flexibility index (Phi) is 4.34. The second-order valence-corrected chi connectivity index (χ2v) is 3.48. The van der Waals surface area contributed by atoms with E-state index in [1.54, 1.807) is 24.3 Å². The van der Waals surface area contributed by atoms with Crippen LogP contribution in [-0.4, -0.2) is 16.2 Å². The third-order valence-electron chi connectivity index (χ3n) is 1.87. The standard InChI is InChI=1S/C11H11ClO3/c12-9-6-4-8(5-7-9)10(13)2-1-3-11(14)15/h1,3-7,10,13H,2H2,(H,14,15)/b3-1+. The number of carboxylic acid groups (broad SMARTS) is 1. The van der Waals surface area contributed by atoms with Crippen LogP contribution >= 0.6 is 11.6 Å². The van der Waals surface area contributed by atoms with Gasteiger partial charge in [-0.15, -0.1) is 0 Å². The molecule has 0 aromatic heterocycles. The fourth-order valence-corrected chi connectivity index (χ4v) is 1.24. The van der Waals surface area contributed by atoms with Gasteiger partial charge in [0.25, 0.3) is 0 Å². The van der Waals surface area contributed by atoms with Gasteiger partial charge in [-0.05, 0) is 24.1 Å². The van der Waals surface area contributed by atoms with E-state index >= 15 is 0 Å². The summed E-state index contributed by atoms with van der Waals surface area (Å²) in [6.45, 7) is 0. The quantitative estimate of drug-likeness (QED) is 0.776. The predicted molar refractivity (Wildman–Crippen MR) is 57.8 cm³/mol. The molecular weight excluding hydrogens is 216 g/mol. The molecule has 80 valence electrons. The van der Waals surface area contributed by atoms with Crippen LogP contribution < -0.4 is 0 Å². The van der Waals surface area contributed by atoms with Gasteiger partial charge in [0.15, 0.2) is 0 Å². The molecule has 0 aliphatic rings. The zero-order valence-corrected chi connectivity index (χ0v) is 8.69. The molecule has 1 unspecified atom stereocenters. The van der Waals surface area contributed by atoms with Crippen molar-refractivity contribution in [3.05, 3.63) is 47.0 Å². The number of carboxylic acids is 1. The van der Waals surface area contributed by atoms with E-state index in [0.717, 1.165) is 11.6 Å². The van der Waals surface area contributed by atoms with E-state index in [0.29, 0.717) is 5.02 Å². The third-order valence-corrected chi connectivity index (χ3v) is 2.13. The number of carbonyl (C=O) groups is 1. The molecule has 1 aromatic carbocycles. The highest BCUT2D eigenvalue weighted by Crippen LogP contribution is 2.19.